The van der Waals surface area contributed by atoms with Crippen molar-refractivity contribution >= 4 is 39.2 Å². The smallest absolute Gasteiger partial charge is 0.407 e. The first kappa shape index (κ1) is 24.0. The number of nitrogens with zero attached hydrogens (tertiary/aromatic N) is 1. The Labute approximate surface area is 191 Å². The fraction of sp³-hybridized carbons (Fsp3) is 0.429. The molecule has 3 rings (SSSR count). The monoisotopic (exact) mass is 480 g/mol. The molecule has 32 heavy (non-hydrogen) atoms. The quantitative estimate of drug-likeness (QED) is 0.516. The zero-order chi connectivity index (χ0) is 23.7. The van der Waals surface area contributed by atoms with E-state index in [0.29, 0.717) is 24.3 Å². The van der Waals surface area contributed by atoms with Gasteiger partial charge in [-0.2, -0.15) is 0 Å². The van der Waals surface area contributed by atoms with Crippen molar-refractivity contribution in [2.75, 3.05) is 11.9 Å². The predicted molar refractivity (Wildman–Crippen MR) is 124 cm³/mol. The second-order valence-corrected chi connectivity index (χ2v) is 11.8. The molecular weight excluding hydrogens is 452 g/mol. The van der Waals surface area contributed by atoms with E-state index in [-0.39, 0.29) is 9.90 Å². The second kappa shape index (κ2) is 9.08. The lowest BCUT2D eigenvalue weighted by molar-refractivity contribution is 0.0434. The number of carbonyl (C=O) groups is 2. The average Bonchev–Trinajstić information content (AvgIpc) is 3.11. The van der Waals surface area contributed by atoms with Crippen LogP contribution in [0.25, 0.3) is 10.4 Å². The Morgan fingerprint density at radius 2 is 1.88 bits per heavy atom. The van der Waals surface area contributed by atoms with Crippen molar-refractivity contribution in [3.63, 3.8) is 0 Å². The maximum atomic E-state index is 13.4. The maximum Gasteiger partial charge on any atom is 0.407 e. The highest BCUT2D eigenvalue weighted by Crippen LogP contribution is 2.39. The predicted octanol–water partition coefficient (Wildman–Crippen LogP) is 3.74. The molecule has 1 aromatic carbocycles. The van der Waals surface area contributed by atoms with Crippen LogP contribution in [0.4, 0.5) is 15.3 Å². The van der Waals surface area contributed by atoms with Gasteiger partial charge in [-0.05, 0) is 29.9 Å². The number of sulfonamides is 1. The summed E-state index contributed by atoms with van der Waals surface area (Å²) in [4.78, 5) is 25.3. The van der Waals surface area contributed by atoms with E-state index in [9.17, 15) is 23.1 Å². The fourth-order valence-electron chi connectivity index (χ4n) is 4.20. The lowest BCUT2D eigenvalue weighted by atomic mass is 9.78. The molecule has 1 unspecified atom stereocenters. The Bertz CT molecular complexity index is 1090. The normalized spacial score (nSPS) is 19.5. The van der Waals surface area contributed by atoms with Gasteiger partial charge in [0.05, 0.1) is 11.7 Å². The lowest BCUT2D eigenvalue weighted by Gasteiger charge is -2.46. The zero-order valence-corrected chi connectivity index (χ0v) is 19.8. The second-order valence-electron chi connectivity index (χ2n) is 8.82. The van der Waals surface area contributed by atoms with E-state index in [1.165, 1.54) is 4.90 Å². The molecule has 1 fully saturated rings. The number of rotatable bonds is 5. The average molecular weight is 481 g/mol. The molecule has 0 bridgehead atoms. The number of nitrogens with one attached hydrogen (secondary N) is 2. The van der Waals surface area contributed by atoms with Crippen molar-refractivity contribution in [2.24, 2.45) is 11.1 Å². The summed E-state index contributed by atoms with van der Waals surface area (Å²) >= 11 is 1.02. The molecule has 5 N–H and O–H groups in total. The van der Waals surface area contributed by atoms with Gasteiger partial charge in [0.2, 0.25) is 0 Å². The van der Waals surface area contributed by atoms with Crippen LogP contribution in [0.15, 0.2) is 40.6 Å². The number of urea groups is 1. The fourth-order valence-corrected chi connectivity index (χ4v) is 7.05. The van der Waals surface area contributed by atoms with Crippen molar-refractivity contribution in [1.29, 1.82) is 0 Å². The van der Waals surface area contributed by atoms with Crippen molar-refractivity contribution in [2.45, 2.75) is 49.9 Å². The van der Waals surface area contributed by atoms with Gasteiger partial charge >= 0.3 is 12.1 Å². The number of primary amides is 1. The van der Waals surface area contributed by atoms with Crippen molar-refractivity contribution in [3.8, 4) is 10.4 Å². The molecule has 2 atom stereocenters. The summed E-state index contributed by atoms with van der Waals surface area (Å²) in [6.45, 7) is 6.01. The molecule has 0 saturated carbocycles. The van der Waals surface area contributed by atoms with E-state index >= 15 is 0 Å². The highest BCUT2D eigenvalue weighted by molar-refractivity contribution is 7.91. The van der Waals surface area contributed by atoms with Gasteiger partial charge in [0.1, 0.15) is 0 Å². The summed E-state index contributed by atoms with van der Waals surface area (Å²) in [6.07, 6.45) is -0.0362. The van der Waals surface area contributed by atoms with Gasteiger partial charge in [-0.1, -0.05) is 51.1 Å². The van der Waals surface area contributed by atoms with E-state index in [1.807, 2.05) is 51.1 Å². The first-order valence-electron chi connectivity index (χ1n) is 10.2. The molecule has 9 nitrogen and oxygen atoms in total. The van der Waals surface area contributed by atoms with Crippen molar-refractivity contribution in [1.82, 2.24) is 9.62 Å². The molecule has 11 heteroatoms. The molecule has 1 aliphatic rings. The van der Waals surface area contributed by atoms with Crippen molar-refractivity contribution in [3.05, 3.63) is 36.4 Å². The van der Waals surface area contributed by atoms with Crippen molar-refractivity contribution < 1.29 is 23.1 Å². The number of hydrogen-bond acceptors (Lipinski definition) is 5. The van der Waals surface area contributed by atoms with Crippen LogP contribution in [0, 0.1) is 5.41 Å². The van der Waals surface area contributed by atoms with Crippen LogP contribution in [0.3, 0.4) is 0 Å². The molecule has 3 amide bonds. The summed E-state index contributed by atoms with van der Waals surface area (Å²) in [5.74, 6) is 0. The lowest BCUT2D eigenvalue weighted by Crippen LogP contribution is -2.61. The van der Waals surface area contributed by atoms with E-state index in [0.717, 1.165) is 16.9 Å². The first-order valence-corrected chi connectivity index (χ1v) is 12.5. The van der Waals surface area contributed by atoms with E-state index in [1.54, 1.807) is 6.07 Å². The number of nitrogens with two attached hydrogens (primary N) is 1. The molecular formula is C21H28N4O5S2. The minimum Gasteiger partial charge on any atom is -0.465 e. The Hall–Kier alpha value is -2.63. The van der Waals surface area contributed by atoms with Gasteiger partial charge in [-0.15, -0.1) is 11.3 Å². The highest BCUT2D eigenvalue weighted by atomic mass is 32.2. The summed E-state index contributed by atoms with van der Waals surface area (Å²) in [7, 11) is -4.09. The Kier molecular flexibility index (Phi) is 6.82. The molecule has 174 valence electrons. The summed E-state index contributed by atoms with van der Waals surface area (Å²) in [5, 5.41) is 12.1. The standard InChI is InChI=1S/C21H28N4O5S2/c1-21(2,3)17-14(10-7-11-25(17)20(27)28)24-32(29,30)18-15(23-19(22)26)12-16(31-18)13-8-5-4-6-9-13/h4-6,8-9,12,14,17,24H,7,10-11H2,1-3H3,(H,27,28)(H3,22,23,26)/t14-,17?/m0/s1. The van der Waals surface area contributed by atoms with Gasteiger partial charge in [0.15, 0.2) is 4.21 Å². The van der Waals surface area contributed by atoms with Crippen LogP contribution in [0.5, 0.6) is 0 Å². The number of hydrogen-bond donors (Lipinski definition) is 4. The zero-order valence-electron chi connectivity index (χ0n) is 18.2. The van der Waals surface area contributed by atoms with E-state index < -0.39 is 39.6 Å². The number of anilines is 1. The maximum absolute atomic E-state index is 13.4. The molecule has 0 radical (unpaired) electrons. The Balaban J connectivity index is 2.00. The third-order valence-electron chi connectivity index (χ3n) is 5.33. The SMILES string of the molecule is CC(C)(C)C1[C@@H](NS(=O)(=O)c2sc(-c3ccccc3)cc2NC(N)=O)CCCN1C(=O)O. The van der Waals surface area contributed by atoms with Crippen LogP contribution in [0.2, 0.25) is 0 Å². The summed E-state index contributed by atoms with van der Waals surface area (Å²) in [6, 6.07) is 8.72. The van der Waals surface area contributed by atoms with E-state index in [2.05, 4.69) is 10.0 Å². The first-order chi connectivity index (χ1) is 14.9. The van der Waals surface area contributed by atoms with Crippen LogP contribution in [0.1, 0.15) is 33.6 Å². The molecule has 0 spiro atoms. The molecule has 1 aliphatic heterocycles. The Morgan fingerprint density at radius 3 is 2.44 bits per heavy atom. The molecule has 0 aliphatic carbocycles. The topological polar surface area (TPSA) is 142 Å². The minimum atomic E-state index is -4.09. The van der Waals surface area contributed by atoms with Crippen LogP contribution >= 0.6 is 11.3 Å². The molecule has 1 aromatic heterocycles. The van der Waals surface area contributed by atoms with E-state index in [4.69, 9.17) is 5.73 Å². The van der Waals surface area contributed by atoms with Gasteiger partial charge in [-0.3, -0.25) is 0 Å². The summed E-state index contributed by atoms with van der Waals surface area (Å²) < 4.78 is 29.5. The number of thiophene rings is 1. The Morgan fingerprint density at radius 1 is 1.22 bits per heavy atom. The van der Waals surface area contributed by atoms with Gasteiger partial charge in [0.25, 0.3) is 10.0 Å². The van der Waals surface area contributed by atoms with Gasteiger partial charge in [-0.25, -0.2) is 22.7 Å². The molecule has 2 aromatic rings. The van der Waals surface area contributed by atoms with Crippen LogP contribution < -0.4 is 15.8 Å². The van der Waals surface area contributed by atoms with Crippen LogP contribution in [-0.2, 0) is 10.0 Å². The van der Waals surface area contributed by atoms with Crippen LogP contribution in [-0.4, -0.2) is 49.2 Å². The molecule has 2 heterocycles. The van der Waals surface area contributed by atoms with Gasteiger partial charge in [0, 0.05) is 17.5 Å². The number of benzene rings is 1. The number of likely N-dealkylation sites (tertiary alicyclic amines) is 1. The number of carboxylic acid groups (broad SMARTS) is 1. The minimum absolute atomic E-state index is 0.0738. The summed E-state index contributed by atoms with van der Waals surface area (Å²) in [5.41, 5.74) is 5.66. The third kappa shape index (κ3) is 5.22. The number of carbonyl (C=O) groups excluding carboxylic acids is 1. The molecule has 1 saturated heterocycles. The number of amides is 3. The number of piperidine rings is 1. The highest BCUT2D eigenvalue weighted by Gasteiger charge is 2.43. The van der Waals surface area contributed by atoms with Gasteiger partial charge < -0.3 is 21.1 Å². The largest absolute Gasteiger partial charge is 0.465 e. The third-order valence-corrected chi connectivity index (χ3v) is 8.54.